The van der Waals surface area contributed by atoms with Crippen molar-refractivity contribution in [2.24, 2.45) is 5.92 Å². The van der Waals surface area contributed by atoms with Crippen molar-refractivity contribution in [3.05, 3.63) is 0 Å². The number of rotatable bonds is 8. The molecule has 3 fully saturated rings. The van der Waals surface area contributed by atoms with Crippen molar-refractivity contribution in [3.63, 3.8) is 0 Å². The number of hydrogen-bond donors (Lipinski definition) is 1. The summed E-state index contributed by atoms with van der Waals surface area (Å²) in [4.78, 5) is 19.7. The van der Waals surface area contributed by atoms with Gasteiger partial charge in [0, 0.05) is 44.6 Å². The van der Waals surface area contributed by atoms with E-state index in [1.165, 1.54) is 0 Å². The summed E-state index contributed by atoms with van der Waals surface area (Å²) in [6, 6.07) is 0.892. The van der Waals surface area contributed by atoms with Gasteiger partial charge in [0.2, 0.25) is 0 Å². The number of piperidine rings is 1. The molecule has 0 aromatic carbocycles. The molecule has 2 saturated heterocycles. The number of likely N-dealkylation sites (tertiary alicyclic amines) is 1. The molecular formula is C22H42N4O3. The first-order valence-corrected chi connectivity index (χ1v) is 11.7. The molecule has 0 aromatic heterocycles. The summed E-state index contributed by atoms with van der Waals surface area (Å²) in [6.07, 6.45) is 6.28. The molecule has 7 heteroatoms. The molecule has 0 bridgehead atoms. The smallest absolute Gasteiger partial charge is 0.317 e. The van der Waals surface area contributed by atoms with Gasteiger partial charge in [-0.05, 0) is 65.7 Å². The summed E-state index contributed by atoms with van der Waals surface area (Å²) in [5.74, 6) is 0.170. The topological polar surface area (TPSA) is 57.3 Å². The molecule has 0 radical (unpaired) electrons. The van der Waals surface area contributed by atoms with Gasteiger partial charge in [-0.3, -0.25) is 4.90 Å². The molecular weight excluding hydrogens is 368 g/mol. The Labute approximate surface area is 177 Å². The second-order valence-corrected chi connectivity index (χ2v) is 9.29. The Hall–Kier alpha value is -0.890. The van der Waals surface area contributed by atoms with Crippen LogP contribution in [0.3, 0.4) is 0 Å². The standard InChI is InChI=1S/C22H42N4O3/c1-5-10-26-17-19(23-21(27)25(6-2)12-7-11-24(3)4)15-18-16-22(9-8-20(18)26)28-13-14-29-22/h18-20H,5-17H2,1-4H3,(H,23,27)/t18-,19+,20-/m1/s1. The van der Waals surface area contributed by atoms with Gasteiger partial charge in [-0.15, -0.1) is 0 Å². The predicted octanol–water partition coefficient (Wildman–Crippen LogP) is 2.37. The molecule has 29 heavy (non-hydrogen) atoms. The molecule has 168 valence electrons. The van der Waals surface area contributed by atoms with Crippen molar-refractivity contribution >= 4 is 6.03 Å². The molecule has 1 N–H and O–H groups in total. The molecule has 0 unspecified atom stereocenters. The summed E-state index contributed by atoms with van der Waals surface area (Å²) >= 11 is 0. The van der Waals surface area contributed by atoms with Gasteiger partial charge in [0.15, 0.2) is 5.79 Å². The van der Waals surface area contributed by atoms with Crippen LogP contribution in [0.1, 0.15) is 52.4 Å². The van der Waals surface area contributed by atoms with Crippen LogP contribution in [0, 0.1) is 5.92 Å². The minimum atomic E-state index is -0.355. The summed E-state index contributed by atoms with van der Waals surface area (Å²) in [7, 11) is 4.15. The number of ether oxygens (including phenoxy) is 2. The minimum Gasteiger partial charge on any atom is -0.348 e. The Morgan fingerprint density at radius 1 is 1.21 bits per heavy atom. The molecule has 2 aliphatic heterocycles. The highest BCUT2D eigenvalue weighted by molar-refractivity contribution is 5.74. The van der Waals surface area contributed by atoms with Crippen LogP contribution in [0.2, 0.25) is 0 Å². The van der Waals surface area contributed by atoms with Gasteiger partial charge < -0.3 is 24.6 Å². The second kappa shape index (κ2) is 10.4. The van der Waals surface area contributed by atoms with Crippen molar-refractivity contribution in [2.45, 2.75) is 70.2 Å². The lowest BCUT2D eigenvalue weighted by Crippen LogP contribution is -2.60. The Morgan fingerprint density at radius 2 is 1.97 bits per heavy atom. The first kappa shape index (κ1) is 22.8. The molecule has 2 heterocycles. The van der Waals surface area contributed by atoms with Gasteiger partial charge in [0.1, 0.15) is 0 Å². The van der Waals surface area contributed by atoms with E-state index in [2.05, 4.69) is 43.1 Å². The molecule has 2 amide bonds. The zero-order chi connectivity index (χ0) is 20.9. The predicted molar refractivity (Wildman–Crippen MR) is 115 cm³/mol. The van der Waals surface area contributed by atoms with Gasteiger partial charge in [0.05, 0.1) is 13.2 Å². The third kappa shape index (κ3) is 5.84. The Bertz CT molecular complexity index is 524. The van der Waals surface area contributed by atoms with Crippen LogP contribution in [0.4, 0.5) is 4.79 Å². The third-order valence-corrected chi connectivity index (χ3v) is 6.80. The summed E-state index contributed by atoms with van der Waals surface area (Å²) < 4.78 is 12.0. The van der Waals surface area contributed by atoms with Crippen molar-refractivity contribution in [1.29, 1.82) is 0 Å². The highest BCUT2D eigenvalue weighted by atomic mass is 16.7. The molecule has 1 saturated carbocycles. The van der Waals surface area contributed by atoms with E-state index in [0.717, 1.165) is 71.2 Å². The average Bonchev–Trinajstić information content (AvgIpc) is 3.12. The van der Waals surface area contributed by atoms with Crippen LogP contribution < -0.4 is 5.32 Å². The lowest BCUT2D eigenvalue weighted by atomic mass is 9.74. The maximum atomic E-state index is 12.9. The number of fused-ring (bicyclic) bond motifs is 1. The van der Waals surface area contributed by atoms with Crippen LogP contribution >= 0.6 is 0 Å². The lowest BCUT2D eigenvalue weighted by Gasteiger charge is -2.51. The van der Waals surface area contributed by atoms with Crippen LogP contribution in [-0.4, -0.2) is 98.6 Å². The van der Waals surface area contributed by atoms with Crippen molar-refractivity contribution in [2.75, 3.05) is 60.0 Å². The minimum absolute atomic E-state index is 0.0880. The van der Waals surface area contributed by atoms with Crippen LogP contribution in [0.25, 0.3) is 0 Å². The van der Waals surface area contributed by atoms with E-state index >= 15 is 0 Å². The largest absolute Gasteiger partial charge is 0.348 e. The molecule has 7 nitrogen and oxygen atoms in total. The molecule has 3 rings (SSSR count). The third-order valence-electron chi connectivity index (χ3n) is 6.80. The van der Waals surface area contributed by atoms with Gasteiger partial charge in [-0.25, -0.2) is 4.79 Å². The number of nitrogens with one attached hydrogen (secondary N) is 1. The second-order valence-electron chi connectivity index (χ2n) is 9.29. The normalized spacial score (nSPS) is 29.2. The zero-order valence-corrected chi connectivity index (χ0v) is 19.0. The highest BCUT2D eigenvalue weighted by Crippen LogP contribution is 2.44. The van der Waals surface area contributed by atoms with Gasteiger partial charge >= 0.3 is 6.03 Å². The maximum Gasteiger partial charge on any atom is 0.317 e. The first-order chi connectivity index (χ1) is 14.0. The van der Waals surface area contributed by atoms with Crippen LogP contribution in [0.15, 0.2) is 0 Å². The number of nitrogens with zero attached hydrogens (tertiary/aromatic N) is 3. The number of carbonyl (C=O) groups is 1. The van der Waals surface area contributed by atoms with E-state index in [1.807, 2.05) is 4.90 Å². The monoisotopic (exact) mass is 410 g/mol. The fourth-order valence-corrected chi connectivity index (χ4v) is 5.48. The fourth-order valence-electron chi connectivity index (χ4n) is 5.48. The summed E-state index contributed by atoms with van der Waals surface area (Å²) in [5, 5.41) is 3.36. The molecule has 0 aromatic rings. The highest BCUT2D eigenvalue weighted by Gasteiger charge is 2.49. The fraction of sp³-hybridized carbons (Fsp3) is 0.955. The number of urea groups is 1. The lowest BCUT2D eigenvalue weighted by molar-refractivity contribution is -0.201. The van der Waals surface area contributed by atoms with Crippen molar-refractivity contribution < 1.29 is 14.3 Å². The van der Waals surface area contributed by atoms with Gasteiger partial charge in [0.25, 0.3) is 0 Å². The number of amides is 2. The Kier molecular flexibility index (Phi) is 8.19. The molecule has 1 aliphatic carbocycles. The van der Waals surface area contributed by atoms with Crippen LogP contribution in [0.5, 0.6) is 0 Å². The van der Waals surface area contributed by atoms with Crippen molar-refractivity contribution in [3.8, 4) is 0 Å². The molecule has 3 atom stereocenters. The van der Waals surface area contributed by atoms with E-state index < -0.39 is 0 Å². The quantitative estimate of drug-likeness (QED) is 0.666. The van der Waals surface area contributed by atoms with E-state index in [0.29, 0.717) is 25.2 Å². The molecule has 1 spiro atoms. The Morgan fingerprint density at radius 3 is 2.62 bits per heavy atom. The SMILES string of the molecule is CCCN1C[C@@H](NC(=O)N(CC)CCCN(C)C)C[C@@H]2CC3(CC[C@H]21)OCCO3. The van der Waals surface area contributed by atoms with E-state index in [1.54, 1.807) is 0 Å². The Balaban J connectivity index is 1.59. The summed E-state index contributed by atoms with van der Waals surface area (Å²) in [5.41, 5.74) is 0. The molecule has 3 aliphatic rings. The zero-order valence-electron chi connectivity index (χ0n) is 19.0. The first-order valence-electron chi connectivity index (χ1n) is 11.7. The average molecular weight is 411 g/mol. The van der Waals surface area contributed by atoms with E-state index in [9.17, 15) is 4.79 Å². The number of hydrogen-bond acceptors (Lipinski definition) is 5. The van der Waals surface area contributed by atoms with Crippen LogP contribution in [-0.2, 0) is 9.47 Å². The van der Waals surface area contributed by atoms with Crippen molar-refractivity contribution in [1.82, 2.24) is 20.0 Å². The van der Waals surface area contributed by atoms with E-state index in [-0.39, 0.29) is 17.9 Å². The maximum absolute atomic E-state index is 12.9. The summed E-state index contributed by atoms with van der Waals surface area (Å²) in [6.45, 7) is 10.4. The van der Waals surface area contributed by atoms with Gasteiger partial charge in [-0.1, -0.05) is 6.92 Å². The number of carbonyl (C=O) groups excluding carboxylic acids is 1. The van der Waals surface area contributed by atoms with Gasteiger partial charge in [-0.2, -0.15) is 0 Å². The van der Waals surface area contributed by atoms with E-state index in [4.69, 9.17) is 9.47 Å².